The SMILES string of the molecule is Cc1ccc(NCC(O)c2ccsc2)nn1. The maximum absolute atomic E-state index is 9.82. The molecule has 0 aliphatic rings. The second-order valence-corrected chi connectivity index (χ2v) is 4.29. The summed E-state index contributed by atoms with van der Waals surface area (Å²) in [5.41, 5.74) is 1.81. The molecule has 0 saturated carbocycles. The van der Waals surface area contributed by atoms with E-state index in [2.05, 4.69) is 15.5 Å². The average Bonchev–Trinajstić information content (AvgIpc) is 2.81. The normalized spacial score (nSPS) is 12.4. The van der Waals surface area contributed by atoms with Crippen molar-refractivity contribution in [3.63, 3.8) is 0 Å². The molecular weight excluding hydrogens is 222 g/mol. The molecule has 0 fully saturated rings. The molecule has 0 bridgehead atoms. The smallest absolute Gasteiger partial charge is 0.148 e. The van der Waals surface area contributed by atoms with Crippen LogP contribution in [0.15, 0.2) is 29.0 Å². The molecule has 0 spiro atoms. The summed E-state index contributed by atoms with van der Waals surface area (Å²) in [7, 11) is 0. The summed E-state index contributed by atoms with van der Waals surface area (Å²) in [6, 6.07) is 5.65. The summed E-state index contributed by atoms with van der Waals surface area (Å²) >= 11 is 1.58. The zero-order valence-corrected chi connectivity index (χ0v) is 9.74. The van der Waals surface area contributed by atoms with Crippen LogP contribution in [-0.2, 0) is 0 Å². The zero-order valence-electron chi connectivity index (χ0n) is 8.92. The summed E-state index contributed by atoms with van der Waals surface area (Å²) < 4.78 is 0. The molecule has 1 atom stereocenters. The third kappa shape index (κ3) is 2.77. The Morgan fingerprint density at radius 3 is 2.88 bits per heavy atom. The summed E-state index contributed by atoms with van der Waals surface area (Å²) in [6.07, 6.45) is -0.505. The molecular formula is C11H13N3OS. The molecule has 2 aromatic rings. The average molecular weight is 235 g/mol. The van der Waals surface area contributed by atoms with E-state index in [1.54, 1.807) is 11.3 Å². The van der Waals surface area contributed by atoms with E-state index in [9.17, 15) is 5.11 Å². The van der Waals surface area contributed by atoms with Crippen LogP contribution in [0.2, 0.25) is 0 Å². The fourth-order valence-electron chi connectivity index (χ4n) is 1.28. The van der Waals surface area contributed by atoms with Gasteiger partial charge in [0.15, 0.2) is 0 Å². The molecule has 0 aliphatic heterocycles. The monoisotopic (exact) mass is 235 g/mol. The number of rotatable bonds is 4. The third-order valence-corrected chi connectivity index (χ3v) is 2.90. The van der Waals surface area contributed by atoms with Crippen molar-refractivity contribution >= 4 is 17.2 Å². The number of anilines is 1. The quantitative estimate of drug-likeness (QED) is 0.851. The van der Waals surface area contributed by atoms with Gasteiger partial charge in [-0.1, -0.05) is 0 Å². The zero-order chi connectivity index (χ0) is 11.4. The van der Waals surface area contributed by atoms with Gasteiger partial charge in [0.2, 0.25) is 0 Å². The highest BCUT2D eigenvalue weighted by Crippen LogP contribution is 2.16. The van der Waals surface area contributed by atoms with Crippen LogP contribution < -0.4 is 5.32 Å². The van der Waals surface area contributed by atoms with E-state index in [1.165, 1.54) is 0 Å². The van der Waals surface area contributed by atoms with Gasteiger partial charge in [0, 0.05) is 6.54 Å². The Morgan fingerprint density at radius 1 is 1.38 bits per heavy atom. The molecule has 2 rings (SSSR count). The van der Waals surface area contributed by atoms with Gasteiger partial charge in [-0.2, -0.15) is 16.4 Å². The first kappa shape index (κ1) is 11.0. The predicted octanol–water partition coefficient (Wildman–Crippen LogP) is 1.99. The Hall–Kier alpha value is -1.46. The van der Waals surface area contributed by atoms with Crippen LogP contribution in [0.3, 0.4) is 0 Å². The van der Waals surface area contributed by atoms with Gasteiger partial charge in [-0.15, -0.1) is 5.10 Å². The van der Waals surface area contributed by atoms with Crippen LogP contribution in [0.1, 0.15) is 17.4 Å². The molecule has 0 amide bonds. The first-order chi connectivity index (χ1) is 7.75. The molecule has 5 heteroatoms. The van der Waals surface area contributed by atoms with Crippen molar-refractivity contribution < 1.29 is 5.11 Å². The Balaban J connectivity index is 1.90. The molecule has 2 aromatic heterocycles. The van der Waals surface area contributed by atoms with Crippen molar-refractivity contribution in [2.75, 3.05) is 11.9 Å². The molecule has 2 N–H and O–H groups in total. The van der Waals surface area contributed by atoms with E-state index in [1.807, 2.05) is 35.9 Å². The number of nitrogens with zero attached hydrogens (tertiary/aromatic N) is 2. The van der Waals surface area contributed by atoms with Gasteiger partial charge in [-0.3, -0.25) is 0 Å². The Morgan fingerprint density at radius 2 is 2.25 bits per heavy atom. The molecule has 1 unspecified atom stereocenters. The van der Waals surface area contributed by atoms with Crippen molar-refractivity contribution in [2.24, 2.45) is 0 Å². The lowest BCUT2D eigenvalue weighted by Crippen LogP contribution is -2.12. The van der Waals surface area contributed by atoms with E-state index < -0.39 is 6.10 Å². The van der Waals surface area contributed by atoms with Gasteiger partial charge in [-0.05, 0) is 41.4 Å². The van der Waals surface area contributed by atoms with E-state index >= 15 is 0 Å². The molecule has 0 aromatic carbocycles. The van der Waals surface area contributed by atoms with Crippen LogP contribution in [0.5, 0.6) is 0 Å². The number of thiophene rings is 1. The summed E-state index contributed by atoms with van der Waals surface area (Å²) in [5, 5.41) is 24.6. The molecule has 0 aliphatic carbocycles. The maximum atomic E-state index is 9.82. The van der Waals surface area contributed by atoms with Crippen molar-refractivity contribution in [2.45, 2.75) is 13.0 Å². The number of hydrogen-bond donors (Lipinski definition) is 2. The summed E-state index contributed by atoms with van der Waals surface area (Å²) in [4.78, 5) is 0. The highest BCUT2D eigenvalue weighted by Gasteiger charge is 2.07. The Bertz CT molecular complexity index is 427. The van der Waals surface area contributed by atoms with Crippen LogP contribution in [0, 0.1) is 6.92 Å². The second-order valence-electron chi connectivity index (χ2n) is 3.51. The lowest BCUT2D eigenvalue weighted by Gasteiger charge is -2.10. The van der Waals surface area contributed by atoms with Gasteiger partial charge in [0.1, 0.15) is 5.82 Å². The fourth-order valence-corrected chi connectivity index (χ4v) is 1.98. The topological polar surface area (TPSA) is 58.0 Å². The second kappa shape index (κ2) is 5.05. The Labute approximate surface area is 98.0 Å². The van der Waals surface area contributed by atoms with Crippen LogP contribution >= 0.6 is 11.3 Å². The molecule has 2 heterocycles. The van der Waals surface area contributed by atoms with Crippen LogP contribution in [0.4, 0.5) is 5.82 Å². The van der Waals surface area contributed by atoms with Crippen molar-refractivity contribution in [1.29, 1.82) is 0 Å². The Kier molecular flexibility index (Phi) is 3.48. The largest absolute Gasteiger partial charge is 0.387 e. The number of hydrogen-bond acceptors (Lipinski definition) is 5. The number of aromatic nitrogens is 2. The molecule has 16 heavy (non-hydrogen) atoms. The van der Waals surface area contributed by atoms with Crippen LogP contribution in [0.25, 0.3) is 0 Å². The summed E-state index contributed by atoms with van der Waals surface area (Å²) in [6.45, 7) is 2.32. The first-order valence-corrected chi connectivity index (χ1v) is 5.94. The van der Waals surface area contributed by atoms with E-state index in [0.717, 1.165) is 11.3 Å². The van der Waals surface area contributed by atoms with E-state index in [0.29, 0.717) is 12.4 Å². The van der Waals surface area contributed by atoms with Crippen molar-refractivity contribution in [3.8, 4) is 0 Å². The minimum absolute atomic E-state index is 0.439. The predicted molar refractivity (Wildman–Crippen MR) is 64.5 cm³/mol. The fraction of sp³-hybridized carbons (Fsp3) is 0.273. The lowest BCUT2D eigenvalue weighted by atomic mass is 10.2. The van der Waals surface area contributed by atoms with E-state index in [4.69, 9.17) is 0 Å². The van der Waals surface area contributed by atoms with Crippen LogP contribution in [-0.4, -0.2) is 21.8 Å². The minimum atomic E-state index is -0.505. The maximum Gasteiger partial charge on any atom is 0.148 e. The molecule has 0 saturated heterocycles. The minimum Gasteiger partial charge on any atom is -0.387 e. The molecule has 4 nitrogen and oxygen atoms in total. The van der Waals surface area contributed by atoms with E-state index in [-0.39, 0.29) is 0 Å². The summed E-state index contributed by atoms with van der Waals surface area (Å²) in [5.74, 6) is 0.680. The van der Waals surface area contributed by atoms with Crippen molar-refractivity contribution in [3.05, 3.63) is 40.2 Å². The van der Waals surface area contributed by atoms with Gasteiger partial charge in [0.25, 0.3) is 0 Å². The number of aliphatic hydroxyl groups is 1. The van der Waals surface area contributed by atoms with Gasteiger partial charge in [0.05, 0.1) is 11.8 Å². The van der Waals surface area contributed by atoms with Crippen molar-refractivity contribution in [1.82, 2.24) is 10.2 Å². The lowest BCUT2D eigenvalue weighted by molar-refractivity contribution is 0.192. The highest BCUT2D eigenvalue weighted by molar-refractivity contribution is 7.07. The first-order valence-electron chi connectivity index (χ1n) is 5.00. The third-order valence-electron chi connectivity index (χ3n) is 2.20. The van der Waals surface area contributed by atoms with Gasteiger partial charge < -0.3 is 10.4 Å². The number of aliphatic hydroxyl groups excluding tert-OH is 1. The number of aryl methyl sites for hydroxylation is 1. The number of nitrogens with one attached hydrogen (secondary N) is 1. The molecule has 84 valence electrons. The van der Waals surface area contributed by atoms with Gasteiger partial charge in [-0.25, -0.2) is 0 Å². The van der Waals surface area contributed by atoms with Gasteiger partial charge >= 0.3 is 0 Å². The molecule has 0 radical (unpaired) electrons. The highest BCUT2D eigenvalue weighted by atomic mass is 32.1. The standard InChI is InChI=1S/C11H13N3OS/c1-8-2-3-11(14-13-8)12-6-10(15)9-4-5-16-7-9/h2-5,7,10,15H,6H2,1H3,(H,12,14).